The molecule has 3 aliphatic rings. The van der Waals surface area contributed by atoms with Crippen molar-refractivity contribution in [2.75, 3.05) is 63.9 Å². The molecular weight excluding hydrogens is 525 g/mol. The van der Waals surface area contributed by atoms with Crippen molar-refractivity contribution in [3.05, 3.63) is 40.9 Å². The molecule has 0 amide bonds. The second-order valence-corrected chi connectivity index (χ2v) is 12.0. The van der Waals surface area contributed by atoms with Crippen LogP contribution >= 0.6 is 11.3 Å². The molecule has 1 aromatic carbocycles. The monoisotopic (exact) mass is 556 g/mol. The predicted octanol–water partition coefficient (Wildman–Crippen LogP) is 5.22. The van der Waals surface area contributed by atoms with Crippen molar-refractivity contribution in [2.24, 2.45) is 5.92 Å². The number of ether oxygens (including phenoxy) is 1. The van der Waals surface area contributed by atoms with Gasteiger partial charge in [0, 0.05) is 79.9 Å². The van der Waals surface area contributed by atoms with Crippen molar-refractivity contribution in [3.63, 3.8) is 0 Å². The minimum atomic E-state index is -4.47. The first kappa shape index (κ1) is 25.3. The van der Waals surface area contributed by atoms with E-state index in [4.69, 9.17) is 14.7 Å². The van der Waals surface area contributed by atoms with E-state index in [9.17, 15) is 13.2 Å². The molecule has 0 unspecified atom stereocenters. The Morgan fingerprint density at radius 1 is 0.974 bits per heavy atom. The Balaban J connectivity index is 1.25. The van der Waals surface area contributed by atoms with E-state index in [0.717, 1.165) is 60.7 Å². The molecule has 5 heterocycles. The van der Waals surface area contributed by atoms with Gasteiger partial charge in [0.1, 0.15) is 0 Å². The lowest BCUT2D eigenvalue weighted by Gasteiger charge is -2.34. The molecule has 0 spiro atoms. The van der Waals surface area contributed by atoms with Gasteiger partial charge in [-0.1, -0.05) is 0 Å². The Morgan fingerprint density at radius 3 is 2.49 bits per heavy atom. The molecular formula is C28H31F3N6OS. The molecule has 0 atom stereocenters. The van der Waals surface area contributed by atoms with Crippen molar-refractivity contribution in [2.45, 2.75) is 25.6 Å². The fraction of sp³-hybridized carbons (Fsp3) is 0.500. The summed E-state index contributed by atoms with van der Waals surface area (Å²) in [5, 5.41) is 0.676. The Labute approximate surface area is 228 Å². The number of piperazine rings is 1. The first-order chi connectivity index (χ1) is 18.9. The lowest BCUT2D eigenvalue weighted by Crippen LogP contribution is -2.46. The van der Waals surface area contributed by atoms with Gasteiger partial charge in [0.15, 0.2) is 11.6 Å². The predicted molar refractivity (Wildman–Crippen MR) is 147 cm³/mol. The van der Waals surface area contributed by atoms with Gasteiger partial charge in [-0.05, 0) is 43.0 Å². The van der Waals surface area contributed by atoms with Crippen LogP contribution < -0.4 is 4.90 Å². The number of aromatic nitrogens is 3. The molecule has 206 valence electrons. The van der Waals surface area contributed by atoms with Crippen LogP contribution in [0.5, 0.6) is 0 Å². The third-order valence-electron chi connectivity index (χ3n) is 8.01. The second kappa shape index (κ2) is 10.0. The number of H-pyrrole nitrogens is 1. The van der Waals surface area contributed by atoms with E-state index in [1.54, 1.807) is 23.6 Å². The van der Waals surface area contributed by atoms with Gasteiger partial charge in [0.2, 0.25) is 0 Å². The van der Waals surface area contributed by atoms with E-state index in [2.05, 4.69) is 25.8 Å². The van der Waals surface area contributed by atoms with Crippen LogP contribution in [0.3, 0.4) is 0 Å². The minimum absolute atomic E-state index is 0.317. The molecule has 2 aliphatic heterocycles. The van der Waals surface area contributed by atoms with Crippen molar-refractivity contribution < 1.29 is 17.9 Å². The Hall–Kier alpha value is -2.73. The summed E-state index contributed by atoms with van der Waals surface area (Å²) in [4.78, 5) is 21.2. The lowest BCUT2D eigenvalue weighted by atomic mass is 10.0. The van der Waals surface area contributed by atoms with Crippen LogP contribution in [-0.4, -0.2) is 83.8 Å². The fourth-order valence-electron chi connectivity index (χ4n) is 5.68. The van der Waals surface area contributed by atoms with Gasteiger partial charge in [-0.3, -0.25) is 4.90 Å². The molecule has 2 saturated heterocycles. The number of morpholine rings is 1. The van der Waals surface area contributed by atoms with Crippen LogP contribution in [-0.2, 0) is 17.5 Å². The van der Waals surface area contributed by atoms with E-state index >= 15 is 0 Å². The van der Waals surface area contributed by atoms with E-state index in [1.165, 1.54) is 30.3 Å². The van der Waals surface area contributed by atoms with Crippen LogP contribution in [0.25, 0.3) is 32.5 Å². The van der Waals surface area contributed by atoms with Crippen LogP contribution in [0.1, 0.15) is 23.3 Å². The largest absolute Gasteiger partial charge is 0.416 e. The van der Waals surface area contributed by atoms with Gasteiger partial charge >= 0.3 is 6.18 Å². The van der Waals surface area contributed by atoms with Gasteiger partial charge in [0.25, 0.3) is 0 Å². The van der Waals surface area contributed by atoms with E-state index in [-0.39, 0.29) is 0 Å². The zero-order valence-electron chi connectivity index (χ0n) is 21.6. The van der Waals surface area contributed by atoms with Gasteiger partial charge in [-0.2, -0.15) is 13.2 Å². The minimum Gasteiger partial charge on any atom is -0.378 e. The summed E-state index contributed by atoms with van der Waals surface area (Å²) in [5.41, 5.74) is 0.881. The molecule has 11 heteroatoms. The van der Waals surface area contributed by atoms with Gasteiger partial charge in [-0.25, -0.2) is 9.97 Å². The summed E-state index contributed by atoms with van der Waals surface area (Å²) < 4.78 is 47.9. The van der Waals surface area contributed by atoms with Crippen LogP contribution in [0, 0.1) is 5.92 Å². The highest BCUT2D eigenvalue weighted by Crippen LogP contribution is 2.39. The van der Waals surface area contributed by atoms with Crippen molar-refractivity contribution in [1.82, 2.24) is 24.8 Å². The van der Waals surface area contributed by atoms with Crippen molar-refractivity contribution in [3.8, 4) is 11.4 Å². The van der Waals surface area contributed by atoms with Crippen LogP contribution in [0.4, 0.5) is 19.0 Å². The van der Waals surface area contributed by atoms with Crippen molar-refractivity contribution in [1.29, 1.82) is 0 Å². The number of halogens is 3. The second-order valence-electron chi connectivity index (χ2n) is 10.9. The number of nitrogens with one attached hydrogen (secondary N) is 1. The SMILES string of the molecule is FC(F)(F)c1cc(-c2nc(N3CCOCC3)c3sc(CN4CCN(CC5CC5)CC4)cc3n2)c2cc[nH]c2c1. The highest BCUT2D eigenvalue weighted by molar-refractivity contribution is 7.19. The number of hydrogen-bond donors (Lipinski definition) is 1. The third kappa shape index (κ3) is 5.25. The number of rotatable bonds is 6. The lowest BCUT2D eigenvalue weighted by molar-refractivity contribution is -0.137. The maximum atomic E-state index is 13.8. The summed E-state index contributed by atoms with van der Waals surface area (Å²) in [6.45, 7) is 8.94. The van der Waals surface area contributed by atoms with Gasteiger partial charge in [0.05, 0.1) is 29.0 Å². The topological polar surface area (TPSA) is 60.5 Å². The molecule has 39 heavy (non-hydrogen) atoms. The summed E-state index contributed by atoms with van der Waals surface area (Å²) >= 11 is 1.70. The number of thiophene rings is 1. The normalized spacial score (nSPS) is 19.9. The first-order valence-electron chi connectivity index (χ1n) is 13.7. The smallest absolute Gasteiger partial charge is 0.378 e. The standard InChI is InChI=1S/C28H31F3N6OS/c29-28(30,31)19-13-22(21-3-4-32-23(21)14-19)26-33-24-15-20(17-36-7-5-35(6-8-36)16-18-1-2-18)39-25(24)27(34-26)37-9-11-38-12-10-37/h3-4,13-15,18,32H,1-2,5-12,16-17H2. The van der Waals surface area contributed by atoms with E-state index in [1.807, 2.05) is 0 Å². The number of fused-ring (bicyclic) bond motifs is 2. The number of benzene rings is 1. The number of hydrogen-bond acceptors (Lipinski definition) is 7. The molecule has 7 rings (SSSR count). The average molecular weight is 557 g/mol. The molecule has 3 aromatic heterocycles. The fourth-order valence-corrected chi connectivity index (χ4v) is 6.84. The summed E-state index contributed by atoms with van der Waals surface area (Å²) in [7, 11) is 0. The molecule has 3 fully saturated rings. The first-order valence-corrected chi connectivity index (χ1v) is 14.5. The molecule has 0 bridgehead atoms. The van der Waals surface area contributed by atoms with Gasteiger partial charge < -0.3 is 19.5 Å². The van der Waals surface area contributed by atoms with Crippen molar-refractivity contribution >= 4 is 38.3 Å². The number of anilines is 1. The van der Waals surface area contributed by atoms with Crippen LogP contribution in [0.2, 0.25) is 0 Å². The maximum absolute atomic E-state index is 13.8. The zero-order valence-corrected chi connectivity index (χ0v) is 22.5. The van der Waals surface area contributed by atoms with E-state index in [0.29, 0.717) is 48.6 Å². The zero-order chi connectivity index (χ0) is 26.6. The van der Waals surface area contributed by atoms with Gasteiger partial charge in [-0.15, -0.1) is 11.3 Å². The Kier molecular flexibility index (Phi) is 6.49. The molecule has 0 radical (unpaired) electrons. The van der Waals surface area contributed by atoms with Crippen LogP contribution in [0.15, 0.2) is 30.5 Å². The number of alkyl halides is 3. The summed E-state index contributed by atoms with van der Waals surface area (Å²) in [5.74, 6) is 2.01. The highest BCUT2D eigenvalue weighted by Gasteiger charge is 2.32. The molecule has 1 saturated carbocycles. The number of aromatic amines is 1. The molecule has 4 aromatic rings. The molecule has 7 nitrogen and oxygen atoms in total. The Bertz CT molecular complexity index is 1480. The third-order valence-corrected chi connectivity index (χ3v) is 9.12. The average Bonchev–Trinajstić information content (AvgIpc) is 3.45. The van der Waals surface area contributed by atoms with E-state index < -0.39 is 11.7 Å². The molecule has 1 aliphatic carbocycles. The molecule has 1 N–H and O–H groups in total. The maximum Gasteiger partial charge on any atom is 0.416 e. The quantitative estimate of drug-likeness (QED) is 0.351. The highest BCUT2D eigenvalue weighted by atomic mass is 32.1. The summed E-state index contributed by atoms with van der Waals surface area (Å²) in [6, 6.07) is 6.21. The summed E-state index contributed by atoms with van der Waals surface area (Å²) in [6.07, 6.45) is -0.0501. The number of nitrogens with zero attached hydrogens (tertiary/aromatic N) is 5. The Morgan fingerprint density at radius 2 is 1.74 bits per heavy atom.